The summed E-state index contributed by atoms with van der Waals surface area (Å²) in [5.41, 5.74) is 8.63. The summed E-state index contributed by atoms with van der Waals surface area (Å²) >= 11 is 0. The standard InChI is InChI=1S/C13H20N6O/c1-4-5-20-13-11(14)12(16-8-17-13)15-6-10-7-18-19(3)9(10)2/h7-8H,4-6,14H2,1-3H3,(H,15,16,17). The molecular weight excluding hydrogens is 256 g/mol. The van der Waals surface area contributed by atoms with Crippen LogP contribution in [0.1, 0.15) is 24.6 Å². The zero-order chi connectivity index (χ0) is 14.5. The third-order valence-corrected chi connectivity index (χ3v) is 3.07. The van der Waals surface area contributed by atoms with Crippen molar-refractivity contribution in [3.63, 3.8) is 0 Å². The Morgan fingerprint density at radius 3 is 2.85 bits per heavy atom. The SMILES string of the molecule is CCCOc1ncnc(NCc2cnn(C)c2C)c1N. The van der Waals surface area contributed by atoms with Gasteiger partial charge in [0, 0.05) is 24.8 Å². The summed E-state index contributed by atoms with van der Waals surface area (Å²) in [4.78, 5) is 8.18. The molecule has 2 heterocycles. The van der Waals surface area contributed by atoms with E-state index in [1.165, 1.54) is 6.33 Å². The van der Waals surface area contributed by atoms with Crippen LogP contribution in [0.5, 0.6) is 5.88 Å². The van der Waals surface area contributed by atoms with Gasteiger partial charge in [0.2, 0.25) is 5.88 Å². The molecule has 7 heteroatoms. The van der Waals surface area contributed by atoms with Crippen molar-refractivity contribution in [3.8, 4) is 5.88 Å². The first kappa shape index (κ1) is 14.1. The second kappa shape index (κ2) is 6.23. The van der Waals surface area contributed by atoms with E-state index >= 15 is 0 Å². The van der Waals surface area contributed by atoms with Gasteiger partial charge in [-0.25, -0.2) is 4.98 Å². The molecule has 0 aliphatic heterocycles. The van der Waals surface area contributed by atoms with Gasteiger partial charge in [0.05, 0.1) is 12.8 Å². The van der Waals surface area contributed by atoms with Crippen molar-refractivity contribution in [1.29, 1.82) is 0 Å². The van der Waals surface area contributed by atoms with E-state index < -0.39 is 0 Å². The van der Waals surface area contributed by atoms with Crippen LogP contribution in [0.2, 0.25) is 0 Å². The predicted molar refractivity (Wildman–Crippen MR) is 77.5 cm³/mol. The molecule has 0 radical (unpaired) electrons. The Bertz CT molecular complexity index is 580. The number of aromatic nitrogens is 4. The minimum absolute atomic E-state index is 0.423. The average molecular weight is 276 g/mol. The van der Waals surface area contributed by atoms with Crippen LogP contribution in [0.3, 0.4) is 0 Å². The van der Waals surface area contributed by atoms with E-state index in [9.17, 15) is 0 Å². The van der Waals surface area contributed by atoms with E-state index in [2.05, 4.69) is 20.4 Å². The topological polar surface area (TPSA) is 90.9 Å². The first-order valence-corrected chi connectivity index (χ1v) is 6.58. The maximum atomic E-state index is 6.00. The first-order chi connectivity index (χ1) is 9.63. The molecule has 0 aliphatic rings. The monoisotopic (exact) mass is 276 g/mol. The van der Waals surface area contributed by atoms with Crippen LogP contribution in [0.4, 0.5) is 11.5 Å². The number of nitrogen functional groups attached to an aromatic ring is 1. The summed E-state index contributed by atoms with van der Waals surface area (Å²) < 4.78 is 7.30. The Hall–Kier alpha value is -2.31. The summed E-state index contributed by atoms with van der Waals surface area (Å²) in [6, 6.07) is 0. The molecule has 0 unspecified atom stereocenters. The summed E-state index contributed by atoms with van der Waals surface area (Å²) in [5.74, 6) is 1.00. The first-order valence-electron chi connectivity index (χ1n) is 6.58. The quantitative estimate of drug-likeness (QED) is 0.831. The lowest BCUT2D eigenvalue weighted by Crippen LogP contribution is -2.08. The largest absolute Gasteiger partial charge is 0.476 e. The van der Waals surface area contributed by atoms with E-state index in [-0.39, 0.29) is 0 Å². The number of hydrogen-bond acceptors (Lipinski definition) is 6. The van der Waals surface area contributed by atoms with E-state index in [4.69, 9.17) is 10.5 Å². The minimum atomic E-state index is 0.423. The van der Waals surface area contributed by atoms with Gasteiger partial charge in [0.15, 0.2) is 5.82 Å². The maximum Gasteiger partial charge on any atom is 0.242 e. The third kappa shape index (κ3) is 2.98. The van der Waals surface area contributed by atoms with Crippen LogP contribution in [-0.2, 0) is 13.6 Å². The molecule has 20 heavy (non-hydrogen) atoms. The summed E-state index contributed by atoms with van der Waals surface area (Å²) in [6.45, 7) is 5.24. The van der Waals surface area contributed by atoms with E-state index in [0.717, 1.165) is 17.7 Å². The molecule has 0 aromatic carbocycles. The van der Waals surface area contributed by atoms with Crippen LogP contribution < -0.4 is 15.8 Å². The van der Waals surface area contributed by atoms with E-state index in [1.807, 2.05) is 31.8 Å². The van der Waals surface area contributed by atoms with Gasteiger partial charge in [-0.15, -0.1) is 0 Å². The highest BCUT2D eigenvalue weighted by Gasteiger charge is 2.10. The van der Waals surface area contributed by atoms with Gasteiger partial charge in [-0.3, -0.25) is 4.68 Å². The number of aryl methyl sites for hydroxylation is 1. The van der Waals surface area contributed by atoms with E-state index in [0.29, 0.717) is 30.5 Å². The second-order valence-corrected chi connectivity index (χ2v) is 4.52. The molecule has 0 saturated carbocycles. The highest BCUT2D eigenvalue weighted by atomic mass is 16.5. The Kier molecular flexibility index (Phi) is 4.39. The molecule has 3 N–H and O–H groups in total. The average Bonchev–Trinajstić information content (AvgIpc) is 2.76. The van der Waals surface area contributed by atoms with Gasteiger partial charge >= 0.3 is 0 Å². The number of nitrogens with one attached hydrogen (secondary N) is 1. The maximum absolute atomic E-state index is 6.00. The number of nitrogens with zero attached hydrogens (tertiary/aromatic N) is 4. The molecule has 108 valence electrons. The van der Waals surface area contributed by atoms with Crippen molar-refractivity contribution in [2.45, 2.75) is 26.8 Å². The molecule has 0 amide bonds. The fraction of sp³-hybridized carbons (Fsp3) is 0.462. The van der Waals surface area contributed by atoms with Crippen molar-refractivity contribution in [1.82, 2.24) is 19.7 Å². The van der Waals surface area contributed by atoms with Crippen LogP contribution in [0, 0.1) is 6.92 Å². The molecule has 7 nitrogen and oxygen atoms in total. The highest BCUT2D eigenvalue weighted by Crippen LogP contribution is 2.25. The second-order valence-electron chi connectivity index (χ2n) is 4.52. The number of anilines is 2. The smallest absolute Gasteiger partial charge is 0.242 e. The summed E-state index contributed by atoms with van der Waals surface area (Å²) in [5, 5.41) is 7.39. The van der Waals surface area contributed by atoms with Gasteiger partial charge in [-0.1, -0.05) is 6.92 Å². The van der Waals surface area contributed by atoms with Crippen molar-refractivity contribution < 1.29 is 4.74 Å². The number of hydrogen-bond donors (Lipinski definition) is 2. The third-order valence-electron chi connectivity index (χ3n) is 3.07. The Balaban J connectivity index is 2.08. The predicted octanol–water partition coefficient (Wildman–Crippen LogP) is 1.50. The lowest BCUT2D eigenvalue weighted by molar-refractivity contribution is 0.306. The highest BCUT2D eigenvalue weighted by molar-refractivity contribution is 5.66. The van der Waals surface area contributed by atoms with Crippen molar-refractivity contribution in [2.24, 2.45) is 7.05 Å². The van der Waals surface area contributed by atoms with Crippen LogP contribution in [-0.4, -0.2) is 26.4 Å². The zero-order valence-electron chi connectivity index (χ0n) is 12.1. The van der Waals surface area contributed by atoms with E-state index in [1.54, 1.807) is 0 Å². The Morgan fingerprint density at radius 2 is 2.20 bits per heavy atom. The molecule has 0 bridgehead atoms. The molecule has 0 spiro atoms. The number of ether oxygens (including phenoxy) is 1. The van der Waals surface area contributed by atoms with Gasteiger partial charge < -0.3 is 15.8 Å². The van der Waals surface area contributed by atoms with Crippen LogP contribution >= 0.6 is 0 Å². The lowest BCUT2D eigenvalue weighted by Gasteiger charge is -2.11. The molecule has 2 aromatic heterocycles. The Labute approximate surface area is 118 Å². The van der Waals surface area contributed by atoms with Crippen molar-refractivity contribution in [2.75, 3.05) is 17.7 Å². The molecule has 0 atom stereocenters. The zero-order valence-corrected chi connectivity index (χ0v) is 12.1. The molecular formula is C13H20N6O. The van der Waals surface area contributed by atoms with Gasteiger partial charge in [0.1, 0.15) is 12.0 Å². The fourth-order valence-electron chi connectivity index (χ4n) is 1.73. The molecule has 0 saturated heterocycles. The Morgan fingerprint density at radius 1 is 1.40 bits per heavy atom. The van der Waals surface area contributed by atoms with Crippen molar-refractivity contribution >= 4 is 11.5 Å². The normalized spacial score (nSPS) is 10.6. The lowest BCUT2D eigenvalue weighted by atomic mass is 10.2. The number of rotatable bonds is 6. The molecule has 0 fully saturated rings. The van der Waals surface area contributed by atoms with Crippen LogP contribution in [0.25, 0.3) is 0 Å². The van der Waals surface area contributed by atoms with Crippen molar-refractivity contribution in [3.05, 3.63) is 23.8 Å². The molecule has 2 aromatic rings. The molecule has 2 rings (SSSR count). The summed E-state index contributed by atoms with van der Waals surface area (Å²) in [7, 11) is 1.91. The molecule has 0 aliphatic carbocycles. The van der Waals surface area contributed by atoms with Gasteiger partial charge in [-0.2, -0.15) is 10.1 Å². The number of nitrogens with two attached hydrogens (primary N) is 1. The van der Waals surface area contributed by atoms with Crippen LogP contribution in [0.15, 0.2) is 12.5 Å². The van der Waals surface area contributed by atoms with Gasteiger partial charge in [-0.05, 0) is 13.3 Å². The fourth-order valence-corrected chi connectivity index (χ4v) is 1.73. The van der Waals surface area contributed by atoms with Gasteiger partial charge in [0.25, 0.3) is 0 Å². The summed E-state index contributed by atoms with van der Waals surface area (Å²) in [6.07, 6.45) is 4.18. The minimum Gasteiger partial charge on any atom is -0.476 e.